The van der Waals surface area contributed by atoms with Gasteiger partial charge in [-0.25, -0.2) is 9.97 Å². The van der Waals surface area contributed by atoms with Crippen molar-refractivity contribution in [3.05, 3.63) is 77.7 Å². The van der Waals surface area contributed by atoms with Gasteiger partial charge in [0.2, 0.25) is 0 Å². The first-order chi connectivity index (χ1) is 13.5. The molecule has 0 bridgehead atoms. The van der Waals surface area contributed by atoms with Gasteiger partial charge in [0.1, 0.15) is 17.3 Å². The Bertz CT molecular complexity index is 905. The Morgan fingerprint density at radius 1 is 1.00 bits per heavy atom. The first-order valence-corrected chi connectivity index (χ1v) is 9.15. The second-order valence-electron chi connectivity index (χ2n) is 6.72. The number of nitrogens with one attached hydrogen (secondary N) is 2. The number of aromatic nitrogens is 2. The predicted molar refractivity (Wildman–Crippen MR) is 110 cm³/mol. The highest BCUT2D eigenvalue weighted by atomic mass is 16.5. The maximum Gasteiger partial charge on any atom is 0.271 e. The monoisotopic (exact) mass is 376 g/mol. The Labute approximate surface area is 165 Å². The van der Waals surface area contributed by atoms with E-state index in [4.69, 9.17) is 4.74 Å². The van der Waals surface area contributed by atoms with Gasteiger partial charge in [0, 0.05) is 12.2 Å². The zero-order chi connectivity index (χ0) is 19.9. The van der Waals surface area contributed by atoms with Crippen molar-refractivity contribution < 1.29 is 9.53 Å². The highest BCUT2D eigenvalue weighted by Gasteiger charge is 2.08. The van der Waals surface area contributed by atoms with Crippen LogP contribution < -0.4 is 15.4 Å². The van der Waals surface area contributed by atoms with Crippen LogP contribution in [0.25, 0.3) is 0 Å². The zero-order valence-corrected chi connectivity index (χ0v) is 16.3. The molecule has 1 aromatic heterocycles. The molecule has 2 N–H and O–H groups in total. The van der Waals surface area contributed by atoms with Gasteiger partial charge in [-0.3, -0.25) is 4.79 Å². The Morgan fingerprint density at radius 2 is 1.71 bits per heavy atom. The molecule has 3 aromatic rings. The van der Waals surface area contributed by atoms with E-state index in [0.29, 0.717) is 18.3 Å². The van der Waals surface area contributed by atoms with E-state index in [1.165, 1.54) is 11.8 Å². The number of rotatable bonds is 7. The third kappa shape index (κ3) is 5.07. The van der Waals surface area contributed by atoms with Crippen LogP contribution in [0, 0.1) is 0 Å². The molecule has 28 heavy (non-hydrogen) atoms. The summed E-state index contributed by atoms with van der Waals surface area (Å²) < 4.78 is 5.12. The molecule has 1 heterocycles. The van der Waals surface area contributed by atoms with Crippen molar-refractivity contribution in [2.75, 3.05) is 12.4 Å². The van der Waals surface area contributed by atoms with Gasteiger partial charge >= 0.3 is 0 Å². The number of hydrogen-bond donors (Lipinski definition) is 2. The Hall–Kier alpha value is -3.41. The van der Waals surface area contributed by atoms with Crippen LogP contribution >= 0.6 is 0 Å². The van der Waals surface area contributed by atoms with Crippen LogP contribution in [0.15, 0.2) is 60.9 Å². The molecule has 0 saturated heterocycles. The maximum absolute atomic E-state index is 12.3. The smallest absolute Gasteiger partial charge is 0.271 e. The van der Waals surface area contributed by atoms with Crippen molar-refractivity contribution in [1.29, 1.82) is 0 Å². The molecule has 3 rings (SSSR count). The average molecular weight is 376 g/mol. The number of carbonyl (C=O) groups is 1. The molecule has 0 aliphatic heterocycles. The minimum Gasteiger partial charge on any atom is -0.497 e. The third-order valence-electron chi connectivity index (χ3n) is 4.35. The maximum atomic E-state index is 12.3. The molecule has 0 aliphatic rings. The fraction of sp³-hybridized carbons (Fsp3) is 0.227. The minimum absolute atomic E-state index is 0.267. The molecule has 0 aliphatic carbocycles. The van der Waals surface area contributed by atoms with Gasteiger partial charge in [0.15, 0.2) is 0 Å². The number of hydrogen-bond acceptors (Lipinski definition) is 5. The summed E-state index contributed by atoms with van der Waals surface area (Å²) in [6, 6.07) is 15.7. The molecule has 0 saturated carbocycles. The molecule has 0 atom stereocenters. The number of benzene rings is 2. The molecular formula is C22H24N4O2. The fourth-order valence-electron chi connectivity index (χ4n) is 2.63. The molecule has 0 fully saturated rings. The van der Waals surface area contributed by atoms with Gasteiger partial charge in [0.05, 0.1) is 19.5 Å². The Balaban J connectivity index is 1.56. The van der Waals surface area contributed by atoms with Gasteiger partial charge in [0.25, 0.3) is 5.91 Å². The van der Waals surface area contributed by atoms with Crippen LogP contribution in [0.2, 0.25) is 0 Å². The molecular weight excluding hydrogens is 352 g/mol. The van der Waals surface area contributed by atoms with Crippen LogP contribution in [0.1, 0.15) is 41.4 Å². The van der Waals surface area contributed by atoms with Crippen molar-refractivity contribution in [2.24, 2.45) is 0 Å². The Kier molecular flexibility index (Phi) is 6.22. The fourth-order valence-corrected chi connectivity index (χ4v) is 2.63. The lowest BCUT2D eigenvalue weighted by molar-refractivity contribution is 0.0945. The summed E-state index contributed by atoms with van der Waals surface area (Å²) in [6.07, 6.45) is 3.02. The molecule has 0 unspecified atom stereocenters. The summed E-state index contributed by atoms with van der Waals surface area (Å²) in [6.45, 7) is 4.73. The summed E-state index contributed by atoms with van der Waals surface area (Å²) in [4.78, 5) is 20.7. The van der Waals surface area contributed by atoms with E-state index < -0.39 is 0 Å². The zero-order valence-electron chi connectivity index (χ0n) is 16.3. The van der Waals surface area contributed by atoms with Crippen molar-refractivity contribution in [3.63, 3.8) is 0 Å². The van der Waals surface area contributed by atoms with Crippen LogP contribution in [0.5, 0.6) is 5.75 Å². The van der Waals surface area contributed by atoms with Gasteiger partial charge in [-0.1, -0.05) is 38.1 Å². The lowest BCUT2D eigenvalue weighted by atomic mass is 10.0. The van der Waals surface area contributed by atoms with E-state index in [9.17, 15) is 4.79 Å². The highest BCUT2D eigenvalue weighted by Crippen LogP contribution is 2.19. The van der Waals surface area contributed by atoms with Gasteiger partial charge in [-0.15, -0.1) is 0 Å². The number of ether oxygens (including phenoxy) is 1. The summed E-state index contributed by atoms with van der Waals surface area (Å²) in [5.41, 5.74) is 3.45. The summed E-state index contributed by atoms with van der Waals surface area (Å²) in [5, 5.41) is 6.02. The number of nitrogens with zero attached hydrogens (tertiary/aromatic N) is 2. The summed E-state index contributed by atoms with van der Waals surface area (Å²) in [7, 11) is 1.62. The standard InChI is InChI=1S/C22H24N4O2/c1-15(2)17-6-8-18(9-7-17)26-21-14-23-20(13-24-21)22(27)25-12-16-4-10-19(28-3)11-5-16/h4-11,13-15H,12H2,1-3H3,(H,24,26)(H,25,27). The third-order valence-corrected chi connectivity index (χ3v) is 4.35. The summed E-state index contributed by atoms with van der Waals surface area (Å²) in [5.74, 6) is 1.59. The SMILES string of the molecule is COc1ccc(CNC(=O)c2cnc(Nc3ccc(C(C)C)cc3)cn2)cc1. The molecule has 6 heteroatoms. The Morgan fingerprint density at radius 3 is 2.29 bits per heavy atom. The lowest BCUT2D eigenvalue weighted by Crippen LogP contribution is -2.24. The molecule has 0 spiro atoms. The van der Waals surface area contributed by atoms with Crippen molar-refractivity contribution in [2.45, 2.75) is 26.3 Å². The van der Waals surface area contributed by atoms with Crippen molar-refractivity contribution in [3.8, 4) is 5.75 Å². The van der Waals surface area contributed by atoms with Gasteiger partial charge in [-0.05, 0) is 41.3 Å². The second-order valence-corrected chi connectivity index (χ2v) is 6.72. The van der Waals surface area contributed by atoms with Crippen LogP contribution in [0.3, 0.4) is 0 Å². The molecule has 144 valence electrons. The van der Waals surface area contributed by atoms with Crippen LogP contribution in [-0.4, -0.2) is 23.0 Å². The van der Waals surface area contributed by atoms with Crippen LogP contribution in [0.4, 0.5) is 11.5 Å². The average Bonchev–Trinajstić information content (AvgIpc) is 2.73. The topological polar surface area (TPSA) is 76.1 Å². The first kappa shape index (κ1) is 19.4. The highest BCUT2D eigenvalue weighted by molar-refractivity contribution is 5.92. The molecule has 6 nitrogen and oxygen atoms in total. The van der Waals surface area contributed by atoms with Crippen LogP contribution in [-0.2, 0) is 6.54 Å². The van der Waals surface area contributed by atoms with Gasteiger partial charge < -0.3 is 15.4 Å². The number of anilines is 2. The van der Waals surface area contributed by atoms with E-state index in [-0.39, 0.29) is 11.6 Å². The van der Waals surface area contributed by atoms with E-state index >= 15 is 0 Å². The van der Waals surface area contributed by atoms with E-state index in [1.807, 2.05) is 36.4 Å². The van der Waals surface area contributed by atoms with Crippen molar-refractivity contribution in [1.82, 2.24) is 15.3 Å². The number of methoxy groups -OCH3 is 1. The molecule has 2 aromatic carbocycles. The number of carbonyl (C=O) groups excluding carboxylic acids is 1. The number of amides is 1. The normalized spacial score (nSPS) is 10.6. The first-order valence-electron chi connectivity index (χ1n) is 9.15. The predicted octanol–water partition coefficient (Wildman–Crippen LogP) is 4.28. The van der Waals surface area contributed by atoms with E-state index in [2.05, 4.69) is 46.6 Å². The van der Waals surface area contributed by atoms with E-state index in [0.717, 1.165) is 17.0 Å². The quantitative estimate of drug-likeness (QED) is 0.644. The minimum atomic E-state index is -0.267. The largest absolute Gasteiger partial charge is 0.497 e. The van der Waals surface area contributed by atoms with Crippen molar-refractivity contribution >= 4 is 17.4 Å². The molecule has 0 radical (unpaired) electrons. The van der Waals surface area contributed by atoms with Gasteiger partial charge in [-0.2, -0.15) is 0 Å². The molecule has 1 amide bonds. The van der Waals surface area contributed by atoms with E-state index in [1.54, 1.807) is 13.3 Å². The lowest BCUT2D eigenvalue weighted by Gasteiger charge is -2.09. The second kappa shape index (κ2) is 8.99. The summed E-state index contributed by atoms with van der Waals surface area (Å²) >= 11 is 0.